The Kier molecular flexibility index (Phi) is 7.38. The molecule has 0 radical (unpaired) electrons. The van der Waals surface area contributed by atoms with E-state index < -0.39 is 0 Å². The van der Waals surface area contributed by atoms with Gasteiger partial charge in [-0.2, -0.15) is 5.26 Å². The summed E-state index contributed by atoms with van der Waals surface area (Å²) in [4.78, 5) is 11.9. The lowest BCUT2D eigenvalue weighted by Crippen LogP contribution is -2.15. The molecule has 0 heterocycles. The van der Waals surface area contributed by atoms with Crippen molar-refractivity contribution in [2.24, 2.45) is 11.7 Å². The average Bonchev–Trinajstić information content (AvgIpc) is 2.46. The molecular weight excluding hydrogens is 250 g/mol. The molecule has 0 bridgehead atoms. The molecule has 4 nitrogen and oxygen atoms in total. The van der Waals surface area contributed by atoms with Crippen LogP contribution in [0.4, 0.5) is 5.69 Å². The number of amides is 1. The summed E-state index contributed by atoms with van der Waals surface area (Å²) in [5.74, 6) is 0.567. The molecule has 1 aromatic carbocycles. The Bertz CT molecular complexity index is 448. The number of nitrogens with zero attached hydrogens (tertiary/aromatic N) is 1. The van der Waals surface area contributed by atoms with Crippen LogP contribution < -0.4 is 11.1 Å². The number of nitriles is 1. The Morgan fingerprint density at radius 3 is 2.60 bits per heavy atom. The van der Waals surface area contributed by atoms with Gasteiger partial charge in [0.25, 0.3) is 0 Å². The third-order valence-corrected chi connectivity index (χ3v) is 3.45. The Hall–Kier alpha value is -1.86. The van der Waals surface area contributed by atoms with Crippen molar-refractivity contribution in [1.29, 1.82) is 5.26 Å². The Morgan fingerprint density at radius 2 is 2.05 bits per heavy atom. The van der Waals surface area contributed by atoms with E-state index in [1.807, 2.05) is 24.3 Å². The number of benzene rings is 1. The van der Waals surface area contributed by atoms with Crippen molar-refractivity contribution >= 4 is 11.6 Å². The molecule has 0 saturated carbocycles. The number of nitrogens with two attached hydrogens (primary N) is 1. The number of nitrogens with one attached hydrogen (secondary N) is 1. The molecule has 20 heavy (non-hydrogen) atoms. The van der Waals surface area contributed by atoms with Gasteiger partial charge in [0.05, 0.1) is 12.5 Å². The van der Waals surface area contributed by atoms with Gasteiger partial charge in [0.2, 0.25) is 5.91 Å². The number of hydrogen-bond acceptors (Lipinski definition) is 3. The number of carbonyl (C=O) groups excluding carboxylic acids is 1. The maximum atomic E-state index is 11.9. The second kappa shape index (κ2) is 9.11. The minimum Gasteiger partial charge on any atom is -0.330 e. The molecule has 0 saturated heterocycles. The van der Waals surface area contributed by atoms with Gasteiger partial charge in [-0.05, 0) is 43.0 Å². The van der Waals surface area contributed by atoms with Gasteiger partial charge in [0, 0.05) is 12.1 Å². The van der Waals surface area contributed by atoms with E-state index in [1.54, 1.807) is 0 Å². The van der Waals surface area contributed by atoms with Crippen LogP contribution in [-0.2, 0) is 11.2 Å². The molecule has 0 aliphatic carbocycles. The fraction of sp³-hybridized carbons (Fsp3) is 0.500. The molecule has 108 valence electrons. The van der Waals surface area contributed by atoms with E-state index in [0.717, 1.165) is 30.5 Å². The van der Waals surface area contributed by atoms with E-state index in [9.17, 15) is 4.79 Å². The van der Waals surface area contributed by atoms with Crippen molar-refractivity contribution in [1.82, 2.24) is 0 Å². The van der Waals surface area contributed by atoms with Crippen LogP contribution in [0, 0.1) is 17.2 Å². The predicted octanol–water partition coefficient (Wildman–Crippen LogP) is 2.85. The minimum atomic E-state index is 0.0357. The summed E-state index contributed by atoms with van der Waals surface area (Å²) in [6.07, 6.45) is 3.84. The highest BCUT2D eigenvalue weighted by Gasteiger charge is 2.09. The smallest absolute Gasteiger partial charge is 0.224 e. The van der Waals surface area contributed by atoms with E-state index in [1.165, 1.54) is 0 Å². The van der Waals surface area contributed by atoms with Crippen LogP contribution >= 0.6 is 0 Å². The van der Waals surface area contributed by atoms with Crippen LogP contribution in [-0.4, -0.2) is 12.5 Å². The minimum absolute atomic E-state index is 0.0357. The van der Waals surface area contributed by atoms with E-state index in [2.05, 4.69) is 18.3 Å². The van der Waals surface area contributed by atoms with Crippen LogP contribution in [0.1, 0.15) is 38.2 Å². The molecule has 4 heteroatoms. The molecule has 0 aliphatic rings. The van der Waals surface area contributed by atoms with Crippen molar-refractivity contribution < 1.29 is 4.79 Å². The van der Waals surface area contributed by atoms with Crippen molar-refractivity contribution in [3.8, 4) is 6.07 Å². The maximum Gasteiger partial charge on any atom is 0.224 e. The van der Waals surface area contributed by atoms with Gasteiger partial charge in [-0.3, -0.25) is 4.79 Å². The first-order valence-electron chi connectivity index (χ1n) is 7.15. The van der Waals surface area contributed by atoms with Gasteiger partial charge in [0.15, 0.2) is 0 Å². The normalized spacial score (nSPS) is 11.7. The van der Waals surface area contributed by atoms with E-state index >= 15 is 0 Å². The molecule has 1 rings (SSSR count). The van der Waals surface area contributed by atoms with Gasteiger partial charge >= 0.3 is 0 Å². The summed E-state index contributed by atoms with van der Waals surface area (Å²) in [5.41, 5.74) is 7.29. The third-order valence-electron chi connectivity index (χ3n) is 3.45. The summed E-state index contributed by atoms with van der Waals surface area (Å²) < 4.78 is 0. The lowest BCUT2D eigenvalue weighted by Gasteiger charge is -2.13. The van der Waals surface area contributed by atoms with Gasteiger partial charge in [-0.15, -0.1) is 0 Å². The largest absolute Gasteiger partial charge is 0.330 e. The molecule has 3 N–H and O–H groups in total. The Balaban J connectivity index is 2.40. The first-order valence-corrected chi connectivity index (χ1v) is 7.15. The fourth-order valence-electron chi connectivity index (χ4n) is 2.14. The number of hydrogen-bond donors (Lipinski definition) is 2. The number of carbonyl (C=O) groups is 1. The SMILES string of the molecule is CCC(CCN)CCC(=O)Nc1ccc(CC#N)cc1. The summed E-state index contributed by atoms with van der Waals surface area (Å²) in [7, 11) is 0. The summed E-state index contributed by atoms with van der Waals surface area (Å²) >= 11 is 0. The predicted molar refractivity (Wildman–Crippen MR) is 81.1 cm³/mol. The number of anilines is 1. The third kappa shape index (κ3) is 5.85. The fourth-order valence-corrected chi connectivity index (χ4v) is 2.14. The highest BCUT2D eigenvalue weighted by Crippen LogP contribution is 2.16. The molecule has 0 aromatic heterocycles. The van der Waals surface area contributed by atoms with E-state index in [4.69, 9.17) is 11.0 Å². The summed E-state index contributed by atoms with van der Waals surface area (Å²) in [6, 6.07) is 9.49. The quantitative estimate of drug-likeness (QED) is 0.764. The first kappa shape index (κ1) is 16.2. The van der Waals surface area contributed by atoms with Gasteiger partial charge < -0.3 is 11.1 Å². The van der Waals surface area contributed by atoms with Crippen LogP contribution in [0.15, 0.2) is 24.3 Å². The molecule has 1 aromatic rings. The monoisotopic (exact) mass is 273 g/mol. The zero-order valence-electron chi connectivity index (χ0n) is 12.1. The molecule has 1 unspecified atom stereocenters. The van der Waals surface area contributed by atoms with Crippen molar-refractivity contribution in [2.45, 2.75) is 39.0 Å². The topological polar surface area (TPSA) is 78.9 Å². The number of rotatable bonds is 8. The second-order valence-corrected chi connectivity index (χ2v) is 4.97. The van der Waals surface area contributed by atoms with E-state index in [0.29, 0.717) is 25.3 Å². The van der Waals surface area contributed by atoms with Crippen LogP contribution in [0.2, 0.25) is 0 Å². The molecule has 1 amide bonds. The van der Waals surface area contributed by atoms with Gasteiger partial charge in [0.1, 0.15) is 0 Å². The second-order valence-electron chi connectivity index (χ2n) is 4.97. The zero-order chi connectivity index (χ0) is 14.8. The molecule has 0 spiro atoms. The zero-order valence-corrected chi connectivity index (χ0v) is 12.1. The molecule has 1 atom stereocenters. The standard InChI is InChI=1S/C16H23N3O/c1-2-13(9-11-17)5-8-16(20)19-15-6-3-14(4-7-15)10-12-18/h3-4,6-7,13H,2,5,8-11,17H2,1H3,(H,19,20). The summed E-state index contributed by atoms with van der Waals surface area (Å²) in [5, 5.41) is 11.5. The van der Waals surface area contributed by atoms with Crippen LogP contribution in [0.5, 0.6) is 0 Å². The lowest BCUT2D eigenvalue weighted by molar-refractivity contribution is -0.116. The Morgan fingerprint density at radius 1 is 1.35 bits per heavy atom. The maximum absolute atomic E-state index is 11.9. The van der Waals surface area contributed by atoms with Crippen molar-refractivity contribution in [2.75, 3.05) is 11.9 Å². The highest BCUT2D eigenvalue weighted by molar-refractivity contribution is 5.90. The van der Waals surface area contributed by atoms with Crippen molar-refractivity contribution in [3.05, 3.63) is 29.8 Å². The highest BCUT2D eigenvalue weighted by atomic mass is 16.1. The molecular formula is C16H23N3O. The Labute approximate surface area is 121 Å². The van der Waals surface area contributed by atoms with E-state index in [-0.39, 0.29) is 5.91 Å². The van der Waals surface area contributed by atoms with Crippen molar-refractivity contribution in [3.63, 3.8) is 0 Å². The average molecular weight is 273 g/mol. The van der Waals surface area contributed by atoms with Gasteiger partial charge in [-0.25, -0.2) is 0 Å². The summed E-state index contributed by atoms with van der Waals surface area (Å²) in [6.45, 7) is 2.81. The lowest BCUT2D eigenvalue weighted by atomic mass is 9.96. The molecule has 0 aliphatic heterocycles. The van der Waals surface area contributed by atoms with Crippen LogP contribution in [0.25, 0.3) is 0 Å². The van der Waals surface area contributed by atoms with Gasteiger partial charge in [-0.1, -0.05) is 25.5 Å². The first-order chi connectivity index (χ1) is 9.69. The van der Waals surface area contributed by atoms with Crippen LogP contribution in [0.3, 0.4) is 0 Å². The molecule has 0 fully saturated rings.